The summed E-state index contributed by atoms with van der Waals surface area (Å²) in [5.41, 5.74) is -0.958. The Morgan fingerprint density at radius 2 is 0.487 bits per heavy atom. The summed E-state index contributed by atoms with van der Waals surface area (Å²) in [6, 6.07) is 19.3. The standard InChI is InChI=1S/C42H24N2O24S6.6Na/c45-69(46,47)63-37-19-5-1-3-7-21(19)39(65-71(51,52)53)31-25(37)12-9-17-18-10-13-27-33(35(18)44-34(17)31)42(68-74(60,61)62)24-15-16-28-29(30(24)41(27)67-73(57,58)59)23-11-14-26-32(36(23)43-28)40(66-72(54,55)56)22-8-4-2-6-20(22)38(26)64-70(48,49)50;;;;;;/h1-16,43-44H,(H,45,46,47)(H,48,49,50)(H,51,52,53)(H,54,55,56)(H,57,58,59)(H,60,61,62);;;;;;/q;6*+1/p-6. The zero-order chi connectivity index (χ0) is 53.0. The third-order valence-electron chi connectivity index (χ3n) is 11.7. The van der Waals surface area contributed by atoms with E-state index in [4.69, 9.17) is 25.1 Å². The van der Waals surface area contributed by atoms with Crippen LogP contribution in [0.5, 0.6) is 34.5 Å². The van der Waals surface area contributed by atoms with Crippen LogP contribution in [0, 0.1) is 0 Å². The van der Waals surface area contributed by atoms with E-state index in [1.807, 2.05) is 0 Å². The van der Waals surface area contributed by atoms with Gasteiger partial charge in [-0.05, 0) is 30.3 Å². The predicted molar refractivity (Wildman–Crippen MR) is 252 cm³/mol. The van der Waals surface area contributed by atoms with Crippen LogP contribution < -0.4 is 202 Å². The molecule has 80 heavy (non-hydrogen) atoms. The molecule has 0 aliphatic carbocycles. The number of nitrogens with one attached hydrogen (secondary N) is 2. The van der Waals surface area contributed by atoms with Gasteiger partial charge in [-0.25, -0.2) is 50.5 Å². The summed E-state index contributed by atoms with van der Waals surface area (Å²) in [4.78, 5) is 5.78. The minimum absolute atomic E-state index is 0. The van der Waals surface area contributed by atoms with Crippen LogP contribution in [0.4, 0.5) is 0 Å². The average Bonchev–Trinajstić information content (AvgIpc) is 3.85. The van der Waals surface area contributed by atoms with E-state index in [-0.39, 0.29) is 253 Å². The molecule has 0 fully saturated rings. The average molecular weight is 1260 g/mol. The molecule has 38 heteroatoms. The van der Waals surface area contributed by atoms with Crippen molar-refractivity contribution in [3.8, 4) is 34.5 Å². The van der Waals surface area contributed by atoms with Gasteiger partial charge in [0.1, 0.15) is 0 Å². The topological polar surface area (TPSA) is 430 Å². The van der Waals surface area contributed by atoms with Gasteiger partial charge in [0.15, 0.2) is 34.5 Å². The van der Waals surface area contributed by atoms with Gasteiger partial charge in [-0.15, -0.1) is 0 Å². The van der Waals surface area contributed by atoms with Gasteiger partial charge in [-0.1, -0.05) is 66.7 Å². The normalized spacial score (nSPS) is 12.4. The van der Waals surface area contributed by atoms with E-state index in [0.29, 0.717) is 0 Å². The molecule has 0 amide bonds. The Bertz CT molecular complexity index is 5170. The third-order valence-corrected chi connectivity index (χ3v) is 13.9. The zero-order valence-corrected chi connectivity index (χ0v) is 58.4. The van der Waals surface area contributed by atoms with E-state index < -0.39 is 129 Å². The molecule has 382 valence electrons. The Labute approximate surface area is 583 Å². The predicted octanol–water partition coefficient (Wildman–Crippen LogP) is -13.1. The molecule has 0 aliphatic rings. The first kappa shape index (κ1) is 69.2. The zero-order valence-electron chi connectivity index (χ0n) is 41.5. The third kappa shape index (κ3) is 13.1. The first-order chi connectivity index (χ1) is 34.4. The smallest absolute Gasteiger partial charge is 0.716 e. The number of benzene rings is 9. The molecule has 0 saturated carbocycles. The first-order valence-corrected chi connectivity index (χ1v) is 28.0. The number of aromatic nitrogens is 2. The van der Waals surface area contributed by atoms with Crippen molar-refractivity contribution in [1.29, 1.82) is 0 Å². The van der Waals surface area contributed by atoms with E-state index in [1.54, 1.807) is 0 Å². The molecule has 9 aromatic carbocycles. The number of fused-ring (bicyclic) bond motifs is 16. The number of H-pyrrole nitrogens is 2. The van der Waals surface area contributed by atoms with Crippen LogP contribution in [0.2, 0.25) is 0 Å². The summed E-state index contributed by atoms with van der Waals surface area (Å²) in [7, 11) is -34.4. The number of hydrogen-bond acceptors (Lipinski definition) is 24. The maximum atomic E-state index is 12.8. The van der Waals surface area contributed by atoms with Gasteiger partial charge in [-0.3, -0.25) is 0 Å². The molecule has 0 saturated heterocycles. The minimum Gasteiger partial charge on any atom is -0.716 e. The van der Waals surface area contributed by atoms with Crippen molar-refractivity contribution in [2.45, 2.75) is 0 Å². The molecule has 0 spiro atoms. The van der Waals surface area contributed by atoms with Crippen LogP contribution in [0.25, 0.3) is 108 Å². The van der Waals surface area contributed by atoms with Crippen molar-refractivity contribution in [3.63, 3.8) is 0 Å². The summed E-state index contributed by atoms with van der Waals surface area (Å²) in [5, 5.41) is -5.21. The fraction of sp³-hybridized carbons (Fsp3) is 0. The van der Waals surface area contributed by atoms with Crippen LogP contribution in [0.15, 0.2) is 97.1 Å². The Balaban J connectivity index is 0.00000196. The Morgan fingerprint density at radius 3 is 0.838 bits per heavy atom. The fourth-order valence-electron chi connectivity index (χ4n) is 9.53. The van der Waals surface area contributed by atoms with E-state index >= 15 is 0 Å². The van der Waals surface area contributed by atoms with Crippen molar-refractivity contribution in [2.75, 3.05) is 0 Å². The van der Waals surface area contributed by atoms with E-state index in [0.717, 1.165) is 24.3 Å². The molecule has 0 bridgehead atoms. The van der Waals surface area contributed by atoms with Gasteiger partial charge >= 0.3 is 177 Å². The molecule has 2 aromatic heterocycles. The summed E-state index contributed by atoms with van der Waals surface area (Å²) in [5.74, 6) is -4.65. The molecule has 11 rings (SSSR count). The van der Waals surface area contributed by atoms with Gasteiger partial charge in [-0.2, -0.15) is 0 Å². The van der Waals surface area contributed by atoms with E-state index in [9.17, 15) is 77.8 Å². The van der Waals surface area contributed by atoms with Crippen molar-refractivity contribution in [1.82, 2.24) is 9.97 Å². The van der Waals surface area contributed by atoms with Crippen LogP contribution in [0.1, 0.15) is 0 Å². The van der Waals surface area contributed by atoms with Crippen LogP contribution in [-0.2, 0) is 62.4 Å². The maximum Gasteiger partial charge on any atom is 1.00 e. The molecular weight excluding hydrogens is 1250 g/mol. The Kier molecular flexibility index (Phi) is 21.0. The summed E-state index contributed by atoms with van der Waals surface area (Å²) >= 11 is 0. The molecule has 2 heterocycles. The molecule has 0 aliphatic heterocycles. The summed E-state index contributed by atoms with van der Waals surface area (Å²) < 4.78 is 253. The second-order valence-electron chi connectivity index (χ2n) is 15.9. The molecule has 0 unspecified atom stereocenters. The second-order valence-corrected chi connectivity index (χ2v) is 21.8. The summed E-state index contributed by atoms with van der Waals surface area (Å²) in [6.07, 6.45) is 0. The fourth-order valence-corrected chi connectivity index (χ4v) is 11.8. The molecule has 26 nitrogen and oxygen atoms in total. The van der Waals surface area contributed by atoms with Gasteiger partial charge in [0, 0.05) is 75.5 Å². The van der Waals surface area contributed by atoms with Crippen molar-refractivity contribution in [2.24, 2.45) is 0 Å². The molecule has 0 radical (unpaired) electrons. The first-order valence-electron chi connectivity index (χ1n) is 20.0. The van der Waals surface area contributed by atoms with Crippen LogP contribution in [0.3, 0.4) is 0 Å². The Hall–Kier alpha value is -1.60. The number of rotatable bonds is 12. The summed E-state index contributed by atoms with van der Waals surface area (Å²) in [6.45, 7) is 0. The van der Waals surface area contributed by atoms with Gasteiger partial charge < -0.3 is 62.4 Å². The van der Waals surface area contributed by atoms with Gasteiger partial charge in [0.25, 0.3) is 62.4 Å². The minimum atomic E-state index is -5.90. The van der Waals surface area contributed by atoms with E-state index in [1.165, 1.54) is 72.8 Å². The molecular formula is C42H18N2Na6O24S6. The molecule has 0 atom stereocenters. The van der Waals surface area contributed by atoms with Crippen LogP contribution >= 0.6 is 0 Å². The van der Waals surface area contributed by atoms with Crippen molar-refractivity contribution in [3.05, 3.63) is 97.1 Å². The van der Waals surface area contributed by atoms with Crippen LogP contribution in [-0.4, -0.2) is 87.8 Å². The van der Waals surface area contributed by atoms with E-state index in [2.05, 4.69) is 9.97 Å². The number of aromatic amines is 2. The van der Waals surface area contributed by atoms with Crippen molar-refractivity contribution >= 4 is 171 Å². The monoisotopic (exact) mass is 1260 g/mol. The molecule has 11 aromatic rings. The van der Waals surface area contributed by atoms with Crippen molar-refractivity contribution < 1.29 is 280 Å². The quantitative estimate of drug-likeness (QED) is 0.0496. The Morgan fingerprint density at radius 1 is 0.250 bits per heavy atom. The van der Waals surface area contributed by atoms with Gasteiger partial charge in [0.05, 0.1) is 32.7 Å². The molecule has 2 N–H and O–H groups in total. The SMILES string of the molecule is O=S(=O)([O-])Oc1c2ccccc2c(OS(=O)(=O)[O-])c2c1ccc1c3ccc4c(OS(=O)(=O)[O-])c5c(ccc6[nH]c7c(ccc8c(OS(=O)(=O)[O-])c9ccccc9c(OS(=O)(=O)[O-])c87)c65)c(OS(=O)(=O)[O-])c4c3[nH]c12.[Na+].[Na+].[Na+].[Na+].[Na+].[Na+]. The largest absolute Gasteiger partial charge is 1.00 e. The maximum absolute atomic E-state index is 12.8. The second kappa shape index (κ2) is 24.3. The number of hydrogen-bond donors (Lipinski definition) is 2. The van der Waals surface area contributed by atoms with Gasteiger partial charge in [0.2, 0.25) is 0 Å².